The van der Waals surface area contributed by atoms with Gasteiger partial charge in [0.1, 0.15) is 35.9 Å². The van der Waals surface area contributed by atoms with Crippen LogP contribution in [0.1, 0.15) is 26.2 Å². The van der Waals surface area contributed by atoms with Gasteiger partial charge in [0.05, 0.1) is 17.5 Å². The molecular weight excluding hydrogens is 408 g/mol. The summed E-state index contributed by atoms with van der Waals surface area (Å²) in [7, 11) is 0. The number of nitrogens with one attached hydrogen (secondary N) is 2. The lowest BCUT2D eigenvalue weighted by Gasteiger charge is -2.44. The summed E-state index contributed by atoms with van der Waals surface area (Å²) in [5.41, 5.74) is -0.725. The van der Waals surface area contributed by atoms with Gasteiger partial charge in [-0.3, -0.25) is 4.79 Å². The molecule has 0 spiro atoms. The monoisotopic (exact) mass is 438 g/mol. The highest BCUT2D eigenvalue weighted by Crippen LogP contribution is 2.31. The Morgan fingerprint density at radius 2 is 2.00 bits per heavy atom. The van der Waals surface area contributed by atoms with E-state index >= 15 is 0 Å². The number of aliphatic hydroxyl groups excluding tert-OH is 3. The van der Waals surface area contributed by atoms with Gasteiger partial charge in [-0.2, -0.15) is 0 Å². The van der Waals surface area contributed by atoms with Crippen molar-refractivity contribution in [3.05, 3.63) is 0 Å². The molecule has 3 saturated heterocycles. The second-order valence-corrected chi connectivity index (χ2v) is 9.49. The average Bonchev–Trinajstić information content (AvgIpc) is 2.93. The molecule has 0 bridgehead atoms. The van der Waals surface area contributed by atoms with Crippen molar-refractivity contribution in [1.82, 2.24) is 10.6 Å². The number of hydrogen-bond acceptors (Lipinski definition) is 8. The number of rotatable bonds is 5. The minimum absolute atomic E-state index is 0.183. The number of hydrogen-bond donors (Lipinski definition) is 5. The van der Waals surface area contributed by atoms with E-state index < -0.39 is 47.3 Å². The number of carbonyl (C=O) groups excluding carboxylic acids is 1. The normalized spacial score (nSPS) is 43.6. The fourth-order valence-corrected chi connectivity index (χ4v) is 5.21. The van der Waals surface area contributed by atoms with Crippen LogP contribution in [-0.2, 0) is 14.3 Å². The molecule has 3 aliphatic rings. The van der Waals surface area contributed by atoms with Gasteiger partial charge >= 0.3 is 0 Å². The molecule has 10 atom stereocenters. The third-order valence-corrected chi connectivity index (χ3v) is 7.08. The molecule has 0 saturated carbocycles. The molecule has 0 radical (unpaired) electrons. The van der Waals surface area contributed by atoms with Crippen molar-refractivity contribution >= 4 is 29.3 Å². The Labute approximate surface area is 174 Å². The molecule has 0 aromatic heterocycles. The number of thioether (sulfide) groups is 1. The summed E-state index contributed by atoms with van der Waals surface area (Å²) in [6.07, 6.45) is -0.247. The van der Waals surface area contributed by atoms with Crippen LogP contribution in [0.3, 0.4) is 0 Å². The van der Waals surface area contributed by atoms with E-state index in [2.05, 4.69) is 10.6 Å². The molecular formula is C18H31ClN2O6S. The lowest BCUT2D eigenvalue weighted by Crippen LogP contribution is -2.65. The number of halogens is 1. The number of carbonyl (C=O) groups is 1. The quantitative estimate of drug-likeness (QED) is 0.362. The molecule has 28 heavy (non-hydrogen) atoms. The summed E-state index contributed by atoms with van der Waals surface area (Å²) in [5.74, 6) is 0.0449. The summed E-state index contributed by atoms with van der Waals surface area (Å²) in [6, 6.07) is -1.23. The first-order valence-corrected chi connectivity index (χ1v) is 11.6. The predicted octanol–water partition coefficient (Wildman–Crippen LogP) is -0.574. The van der Waals surface area contributed by atoms with Crippen molar-refractivity contribution in [1.29, 1.82) is 0 Å². The number of fused-ring (bicyclic) bond motifs is 1. The Balaban J connectivity index is 1.71. The van der Waals surface area contributed by atoms with E-state index in [1.165, 1.54) is 11.8 Å². The number of amides is 1. The standard InChI is InChI=1S/C18H31ClN2O6S/c1-8(19)10(16-13(23)12(22)14(24)18(27-16)28-2)21-17(25)11-15-9(7-20-11)5-3-4-6-26-15/h8-16,18,20,22-24H,3-7H2,1-2H3,(H,21,25)/t8-,9-,10?,11-,12?,13?,14?,15+,16+,18?/m0/s1. The van der Waals surface area contributed by atoms with Gasteiger partial charge in [-0.1, -0.05) is 6.42 Å². The van der Waals surface area contributed by atoms with E-state index in [4.69, 9.17) is 21.1 Å². The molecule has 3 rings (SSSR count). The smallest absolute Gasteiger partial charge is 0.240 e. The number of ether oxygens (including phenoxy) is 2. The first kappa shape index (κ1) is 22.6. The molecule has 10 heteroatoms. The van der Waals surface area contributed by atoms with E-state index in [1.807, 2.05) is 0 Å². The molecule has 0 aromatic rings. The van der Waals surface area contributed by atoms with Crippen molar-refractivity contribution in [2.24, 2.45) is 5.92 Å². The highest BCUT2D eigenvalue weighted by Gasteiger charge is 2.49. The van der Waals surface area contributed by atoms with Gasteiger partial charge in [-0.05, 0) is 31.9 Å². The fraction of sp³-hybridized carbons (Fsp3) is 0.944. The highest BCUT2D eigenvalue weighted by atomic mass is 35.5. The Bertz CT molecular complexity index is 542. The molecule has 3 fully saturated rings. The lowest BCUT2D eigenvalue weighted by molar-refractivity contribution is -0.205. The van der Waals surface area contributed by atoms with Crippen molar-refractivity contribution in [2.75, 3.05) is 19.4 Å². The van der Waals surface area contributed by atoms with Crippen molar-refractivity contribution < 1.29 is 29.6 Å². The van der Waals surface area contributed by atoms with Gasteiger partial charge < -0.3 is 35.4 Å². The summed E-state index contributed by atoms with van der Waals surface area (Å²) in [6.45, 7) is 3.07. The maximum atomic E-state index is 13.0. The van der Waals surface area contributed by atoms with Gasteiger partial charge in [0.2, 0.25) is 5.91 Å². The largest absolute Gasteiger partial charge is 0.388 e. The minimum atomic E-state index is -1.38. The topological polar surface area (TPSA) is 120 Å². The van der Waals surface area contributed by atoms with Gasteiger partial charge in [-0.15, -0.1) is 23.4 Å². The van der Waals surface area contributed by atoms with Crippen LogP contribution in [0.15, 0.2) is 0 Å². The SMILES string of the molecule is CSC1O[C@H](C(NC(=O)[C@H]2NC[C@@H]3CCCCO[C@H]32)[C@H](C)Cl)C(O)C(O)C1O. The zero-order valence-corrected chi connectivity index (χ0v) is 17.7. The maximum Gasteiger partial charge on any atom is 0.240 e. The zero-order valence-electron chi connectivity index (χ0n) is 16.2. The van der Waals surface area contributed by atoms with Crippen molar-refractivity contribution in [2.45, 2.75) is 79.6 Å². The van der Waals surface area contributed by atoms with E-state index in [0.717, 1.165) is 25.8 Å². The van der Waals surface area contributed by atoms with Gasteiger partial charge in [0.15, 0.2) is 0 Å². The van der Waals surface area contributed by atoms with E-state index in [9.17, 15) is 20.1 Å². The molecule has 5 N–H and O–H groups in total. The Morgan fingerprint density at radius 3 is 2.68 bits per heavy atom. The summed E-state index contributed by atoms with van der Waals surface area (Å²) >= 11 is 7.55. The molecule has 1 amide bonds. The van der Waals surface area contributed by atoms with E-state index in [0.29, 0.717) is 12.5 Å². The van der Waals surface area contributed by atoms with Crippen LogP contribution in [0.25, 0.3) is 0 Å². The van der Waals surface area contributed by atoms with Crippen molar-refractivity contribution in [3.8, 4) is 0 Å². The van der Waals surface area contributed by atoms with Crippen LogP contribution in [0.2, 0.25) is 0 Å². The van der Waals surface area contributed by atoms with Crippen LogP contribution < -0.4 is 10.6 Å². The molecule has 8 nitrogen and oxygen atoms in total. The molecule has 3 heterocycles. The fourth-order valence-electron chi connectivity index (χ4n) is 4.33. The van der Waals surface area contributed by atoms with Gasteiger partial charge in [0, 0.05) is 13.2 Å². The number of aliphatic hydroxyl groups is 3. The van der Waals surface area contributed by atoms with Crippen LogP contribution >= 0.6 is 23.4 Å². The molecule has 0 aliphatic carbocycles. The molecule has 162 valence electrons. The van der Waals surface area contributed by atoms with Crippen molar-refractivity contribution in [3.63, 3.8) is 0 Å². The summed E-state index contributed by atoms with van der Waals surface area (Å²) in [5, 5.41) is 36.3. The predicted molar refractivity (Wildman–Crippen MR) is 106 cm³/mol. The van der Waals surface area contributed by atoms with Gasteiger partial charge in [0.25, 0.3) is 0 Å². The van der Waals surface area contributed by atoms with Crippen LogP contribution in [0.5, 0.6) is 0 Å². The number of alkyl halides is 1. The zero-order chi connectivity index (χ0) is 20.4. The highest BCUT2D eigenvalue weighted by molar-refractivity contribution is 7.99. The Kier molecular flexibility index (Phi) is 7.88. The molecule has 3 aliphatic heterocycles. The second-order valence-electron chi connectivity index (χ2n) is 7.87. The summed E-state index contributed by atoms with van der Waals surface area (Å²) in [4.78, 5) is 13.0. The molecule has 5 unspecified atom stereocenters. The average molecular weight is 439 g/mol. The maximum absolute atomic E-state index is 13.0. The third kappa shape index (κ3) is 4.62. The Morgan fingerprint density at radius 1 is 1.25 bits per heavy atom. The van der Waals surface area contributed by atoms with Gasteiger partial charge in [-0.25, -0.2) is 0 Å². The van der Waals surface area contributed by atoms with E-state index in [-0.39, 0.29) is 12.0 Å². The third-order valence-electron chi connectivity index (χ3n) is 5.95. The second kappa shape index (κ2) is 9.78. The summed E-state index contributed by atoms with van der Waals surface area (Å²) < 4.78 is 11.7. The van der Waals surface area contributed by atoms with Crippen LogP contribution in [-0.4, -0.2) is 94.1 Å². The van der Waals surface area contributed by atoms with E-state index in [1.54, 1.807) is 13.2 Å². The Hall–Kier alpha value is -0.130. The first-order valence-electron chi connectivity index (χ1n) is 9.87. The van der Waals surface area contributed by atoms with Crippen LogP contribution in [0.4, 0.5) is 0 Å². The first-order chi connectivity index (χ1) is 13.3. The van der Waals surface area contributed by atoms with Crippen LogP contribution in [0, 0.1) is 5.92 Å². The minimum Gasteiger partial charge on any atom is -0.388 e. The lowest BCUT2D eigenvalue weighted by atomic mass is 9.92. The molecule has 0 aromatic carbocycles.